The molecule has 0 radical (unpaired) electrons. The standard InChI is InChI=1S/C12H15FN2O/c1-8(14)6-12-15-11(7-16-12)9-4-2-3-5-10(9)13/h2-5,8,11H,6-7,14H2,1H3. The fourth-order valence-corrected chi connectivity index (χ4v) is 1.72. The van der Waals surface area contributed by atoms with Crippen molar-refractivity contribution < 1.29 is 9.13 Å². The summed E-state index contributed by atoms with van der Waals surface area (Å²) >= 11 is 0. The van der Waals surface area contributed by atoms with Crippen molar-refractivity contribution in [3.63, 3.8) is 0 Å². The SMILES string of the molecule is CC(N)CC1=NC(c2ccccc2F)CO1. The van der Waals surface area contributed by atoms with Gasteiger partial charge in [-0.05, 0) is 13.0 Å². The molecule has 0 bridgehead atoms. The van der Waals surface area contributed by atoms with E-state index in [1.54, 1.807) is 18.2 Å². The number of nitrogens with zero attached hydrogens (tertiary/aromatic N) is 1. The summed E-state index contributed by atoms with van der Waals surface area (Å²) in [6.07, 6.45) is 0.602. The predicted molar refractivity (Wildman–Crippen MR) is 60.8 cm³/mol. The Balaban J connectivity index is 2.13. The van der Waals surface area contributed by atoms with Gasteiger partial charge in [-0.25, -0.2) is 9.38 Å². The highest BCUT2D eigenvalue weighted by Crippen LogP contribution is 2.25. The first-order valence-electron chi connectivity index (χ1n) is 5.36. The van der Waals surface area contributed by atoms with E-state index in [4.69, 9.17) is 10.5 Å². The Kier molecular flexibility index (Phi) is 3.19. The van der Waals surface area contributed by atoms with Crippen molar-refractivity contribution in [1.82, 2.24) is 0 Å². The first kappa shape index (κ1) is 11.1. The zero-order chi connectivity index (χ0) is 11.5. The topological polar surface area (TPSA) is 47.6 Å². The molecule has 3 nitrogen and oxygen atoms in total. The van der Waals surface area contributed by atoms with Crippen LogP contribution in [0.3, 0.4) is 0 Å². The first-order chi connectivity index (χ1) is 7.66. The Bertz CT molecular complexity index is 404. The van der Waals surface area contributed by atoms with E-state index in [1.165, 1.54) is 6.07 Å². The van der Waals surface area contributed by atoms with Crippen LogP contribution in [0.25, 0.3) is 0 Å². The van der Waals surface area contributed by atoms with Gasteiger partial charge in [0.05, 0.1) is 0 Å². The molecule has 0 spiro atoms. The number of hydrogen-bond donors (Lipinski definition) is 1. The summed E-state index contributed by atoms with van der Waals surface area (Å²) in [4.78, 5) is 4.33. The number of rotatable bonds is 3. The second-order valence-corrected chi connectivity index (χ2v) is 4.05. The minimum atomic E-state index is -0.234. The zero-order valence-electron chi connectivity index (χ0n) is 9.19. The highest BCUT2D eigenvalue weighted by Gasteiger charge is 2.23. The summed E-state index contributed by atoms with van der Waals surface area (Å²) in [7, 11) is 0. The van der Waals surface area contributed by atoms with Gasteiger partial charge in [-0.2, -0.15) is 0 Å². The van der Waals surface area contributed by atoms with Crippen LogP contribution in [0.5, 0.6) is 0 Å². The van der Waals surface area contributed by atoms with Gasteiger partial charge in [-0.3, -0.25) is 0 Å². The van der Waals surface area contributed by atoms with Gasteiger partial charge in [0.15, 0.2) is 5.90 Å². The lowest BCUT2D eigenvalue weighted by Crippen LogP contribution is -2.19. The van der Waals surface area contributed by atoms with E-state index in [2.05, 4.69) is 4.99 Å². The van der Waals surface area contributed by atoms with E-state index < -0.39 is 0 Å². The van der Waals surface area contributed by atoms with Crippen LogP contribution in [0.4, 0.5) is 4.39 Å². The van der Waals surface area contributed by atoms with Gasteiger partial charge >= 0.3 is 0 Å². The molecule has 16 heavy (non-hydrogen) atoms. The average Bonchev–Trinajstić information content (AvgIpc) is 2.66. The zero-order valence-corrected chi connectivity index (χ0v) is 9.19. The van der Waals surface area contributed by atoms with E-state index in [9.17, 15) is 4.39 Å². The largest absolute Gasteiger partial charge is 0.478 e. The van der Waals surface area contributed by atoms with Crippen LogP contribution >= 0.6 is 0 Å². The van der Waals surface area contributed by atoms with Crippen LogP contribution in [0.2, 0.25) is 0 Å². The Morgan fingerprint density at radius 1 is 1.56 bits per heavy atom. The van der Waals surface area contributed by atoms with Crippen molar-refractivity contribution in [1.29, 1.82) is 0 Å². The number of ether oxygens (including phenoxy) is 1. The highest BCUT2D eigenvalue weighted by atomic mass is 19.1. The lowest BCUT2D eigenvalue weighted by atomic mass is 10.1. The number of aliphatic imine (C=N–C) groups is 1. The molecule has 2 rings (SSSR count). The first-order valence-corrected chi connectivity index (χ1v) is 5.36. The Hall–Kier alpha value is -1.42. The van der Waals surface area contributed by atoms with Gasteiger partial charge in [0, 0.05) is 18.0 Å². The van der Waals surface area contributed by atoms with Crippen LogP contribution in [0, 0.1) is 5.82 Å². The monoisotopic (exact) mass is 222 g/mol. The van der Waals surface area contributed by atoms with Crippen molar-refractivity contribution >= 4 is 5.90 Å². The molecule has 0 fully saturated rings. The molecule has 1 heterocycles. The normalized spacial score (nSPS) is 21.4. The van der Waals surface area contributed by atoms with Gasteiger partial charge in [0.2, 0.25) is 0 Å². The van der Waals surface area contributed by atoms with E-state index in [-0.39, 0.29) is 17.9 Å². The summed E-state index contributed by atoms with van der Waals surface area (Å²) in [6.45, 7) is 2.30. The Morgan fingerprint density at radius 2 is 2.31 bits per heavy atom. The third-order valence-electron chi connectivity index (χ3n) is 2.47. The summed E-state index contributed by atoms with van der Waals surface area (Å²) < 4.78 is 18.9. The molecule has 4 heteroatoms. The predicted octanol–water partition coefficient (Wildman–Crippen LogP) is 2.03. The maximum atomic E-state index is 13.5. The Morgan fingerprint density at radius 3 is 3.00 bits per heavy atom. The van der Waals surface area contributed by atoms with Crippen LogP contribution in [-0.2, 0) is 4.74 Å². The average molecular weight is 222 g/mol. The van der Waals surface area contributed by atoms with Crippen molar-refractivity contribution in [2.75, 3.05) is 6.61 Å². The molecule has 2 atom stereocenters. The minimum absolute atomic E-state index is 0.0121. The smallest absolute Gasteiger partial charge is 0.185 e. The third kappa shape index (κ3) is 2.39. The fourth-order valence-electron chi connectivity index (χ4n) is 1.72. The van der Waals surface area contributed by atoms with Gasteiger partial charge < -0.3 is 10.5 Å². The molecule has 2 unspecified atom stereocenters. The third-order valence-corrected chi connectivity index (χ3v) is 2.47. The number of hydrogen-bond acceptors (Lipinski definition) is 3. The Labute approximate surface area is 94.1 Å². The maximum Gasteiger partial charge on any atom is 0.185 e. The van der Waals surface area contributed by atoms with Gasteiger partial charge in [-0.15, -0.1) is 0 Å². The lowest BCUT2D eigenvalue weighted by Gasteiger charge is -2.05. The molecule has 0 aliphatic carbocycles. The lowest BCUT2D eigenvalue weighted by molar-refractivity contribution is 0.307. The van der Waals surface area contributed by atoms with Crippen molar-refractivity contribution in [2.24, 2.45) is 10.7 Å². The van der Waals surface area contributed by atoms with Gasteiger partial charge in [0.25, 0.3) is 0 Å². The molecule has 0 saturated heterocycles. The summed E-state index contributed by atoms with van der Waals surface area (Å²) in [5.41, 5.74) is 6.24. The molecule has 1 aliphatic heterocycles. The number of nitrogens with two attached hydrogens (primary N) is 1. The van der Waals surface area contributed by atoms with Gasteiger partial charge in [0.1, 0.15) is 18.5 Å². The molecule has 1 aliphatic rings. The number of halogens is 1. The molecule has 86 valence electrons. The summed E-state index contributed by atoms with van der Waals surface area (Å²) in [5, 5.41) is 0. The van der Waals surface area contributed by atoms with E-state index in [0.29, 0.717) is 24.5 Å². The van der Waals surface area contributed by atoms with Crippen LogP contribution in [0.15, 0.2) is 29.3 Å². The van der Waals surface area contributed by atoms with E-state index in [1.807, 2.05) is 6.92 Å². The molecular formula is C12H15FN2O. The van der Waals surface area contributed by atoms with Crippen molar-refractivity contribution in [3.8, 4) is 0 Å². The summed E-state index contributed by atoms with van der Waals surface area (Å²) in [5.74, 6) is 0.394. The molecule has 2 N–H and O–H groups in total. The summed E-state index contributed by atoms with van der Waals surface area (Å²) in [6, 6.07) is 6.43. The quantitative estimate of drug-likeness (QED) is 0.850. The second kappa shape index (κ2) is 4.61. The van der Waals surface area contributed by atoms with Gasteiger partial charge in [-0.1, -0.05) is 18.2 Å². The number of benzene rings is 1. The second-order valence-electron chi connectivity index (χ2n) is 4.05. The molecule has 0 amide bonds. The fraction of sp³-hybridized carbons (Fsp3) is 0.417. The minimum Gasteiger partial charge on any atom is -0.478 e. The maximum absolute atomic E-state index is 13.5. The van der Waals surface area contributed by atoms with Crippen molar-refractivity contribution in [2.45, 2.75) is 25.4 Å². The van der Waals surface area contributed by atoms with E-state index in [0.717, 1.165) is 0 Å². The molecule has 1 aromatic carbocycles. The van der Waals surface area contributed by atoms with Crippen molar-refractivity contribution in [3.05, 3.63) is 35.6 Å². The molecule has 1 aromatic rings. The van der Waals surface area contributed by atoms with E-state index >= 15 is 0 Å². The van der Waals surface area contributed by atoms with Crippen LogP contribution < -0.4 is 5.73 Å². The van der Waals surface area contributed by atoms with Crippen LogP contribution in [0.1, 0.15) is 24.9 Å². The molecule has 0 aromatic heterocycles. The highest BCUT2D eigenvalue weighted by molar-refractivity contribution is 5.78. The molecular weight excluding hydrogens is 207 g/mol. The molecule has 0 saturated carbocycles. The van der Waals surface area contributed by atoms with Crippen LogP contribution in [-0.4, -0.2) is 18.5 Å².